The van der Waals surface area contributed by atoms with Crippen molar-refractivity contribution in [2.45, 2.75) is 13.8 Å². The van der Waals surface area contributed by atoms with Gasteiger partial charge in [0.2, 0.25) is 9.23 Å². The summed E-state index contributed by atoms with van der Waals surface area (Å²) >= 11 is -1.49. The molecule has 0 unspecified atom stereocenters. The molecule has 1 fully saturated rings. The molecule has 0 saturated carbocycles. The number of hydrogen-bond donors (Lipinski definition) is 0. The second-order valence-electron chi connectivity index (χ2n) is 3.08. The Bertz CT molecular complexity index is 193. The van der Waals surface area contributed by atoms with Crippen molar-refractivity contribution >= 4 is 42.0 Å². The van der Waals surface area contributed by atoms with Gasteiger partial charge >= 0.3 is 11.4 Å². The Kier molecular flexibility index (Phi) is 6.70. The highest BCUT2D eigenvalue weighted by atomic mass is 36.0. The zero-order valence-electron chi connectivity index (χ0n) is 7.12. The Morgan fingerprint density at radius 1 is 1.31 bits per heavy atom. The molecule has 1 aliphatic rings. The minimum atomic E-state index is -1.67. The van der Waals surface area contributed by atoms with E-state index in [9.17, 15) is 4.21 Å². The summed E-state index contributed by atoms with van der Waals surface area (Å²) in [5.41, 5.74) is 0.0217. The highest BCUT2D eigenvalue weighted by Crippen LogP contribution is 2.21. The molecule has 0 bridgehead atoms. The minimum Gasteiger partial charge on any atom is -0.268 e. The lowest BCUT2D eigenvalue weighted by Crippen LogP contribution is -2.31. The smallest absolute Gasteiger partial charge is 0.268 e. The molecular weight excluding hydrogens is 259 g/mol. The van der Waals surface area contributed by atoms with Crippen LogP contribution < -0.4 is 0 Å². The maximum absolute atomic E-state index is 10.4. The van der Waals surface area contributed by atoms with Crippen LogP contribution in [0.1, 0.15) is 13.8 Å². The van der Waals surface area contributed by atoms with E-state index in [0.717, 1.165) is 0 Å². The highest BCUT2D eigenvalue weighted by Gasteiger charge is 2.26. The molecule has 1 rings (SSSR count). The summed E-state index contributed by atoms with van der Waals surface area (Å²) in [6.07, 6.45) is 0. The fourth-order valence-electron chi connectivity index (χ4n) is 0.491. The summed E-state index contributed by atoms with van der Waals surface area (Å²) in [5.74, 6) is 0. The van der Waals surface area contributed by atoms with Crippen LogP contribution in [0.15, 0.2) is 0 Å². The Morgan fingerprint density at radius 3 is 1.85 bits per heavy atom. The van der Waals surface area contributed by atoms with Gasteiger partial charge < -0.3 is 0 Å². The summed E-state index contributed by atoms with van der Waals surface area (Å²) in [6, 6.07) is 0. The van der Waals surface area contributed by atoms with Gasteiger partial charge in [-0.3, -0.25) is 8.37 Å². The third-order valence-electron chi connectivity index (χ3n) is 1.09. The lowest BCUT2D eigenvalue weighted by molar-refractivity contribution is 0.0662. The number of rotatable bonds is 0. The number of hydrogen-bond acceptors (Lipinski definition) is 4. The van der Waals surface area contributed by atoms with Gasteiger partial charge in [0.1, 0.15) is 0 Å². The third kappa shape index (κ3) is 9.11. The molecule has 0 N–H and O–H groups in total. The number of halogens is 2. The second-order valence-corrected chi connectivity index (χ2v) is 6.48. The van der Waals surface area contributed by atoms with Crippen LogP contribution in [0.3, 0.4) is 0 Å². The molecular formula is C5H10Cl2O4S2. The van der Waals surface area contributed by atoms with Crippen LogP contribution in [0, 0.1) is 5.41 Å². The largest absolute Gasteiger partial charge is 0.304 e. The van der Waals surface area contributed by atoms with E-state index in [0.29, 0.717) is 13.2 Å². The summed E-state index contributed by atoms with van der Waals surface area (Å²) < 4.78 is 29.0. The van der Waals surface area contributed by atoms with E-state index in [1.807, 2.05) is 13.8 Å². The minimum absolute atomic E-state index is 0.0217. The standard InChI is InChI=1S/C5H10O3S.Cl2OS/c1-5(2)3-7-9(6)8-4-5;1-4(2)3/h3-4H2,1-2H3;. The van der Waals surface area contributed by atoms with E-state index >= 15 is 0 Å². The predicted molar refractivity (Wildman–Crippen MR) is 53.7 cm³/mol. The lowest BCUT2D eigenvalue weighted by atomic mass is 9.97. The van der Waals surface area contributed by atoms with Crippen LogP contribution in [0.2, 0.25) is 0 Å². The van der Waals surface area contributed by atoms with Crippen molar-refractivity contribution in [2.24, 2.45) is 5.41 Å². The summed E-state index contributed by atoms with van der Waals surface area (Å²) in [7, 11) is 7.36. The second kappa shape index (κ2) is 6.31. The predicted octanol–water partition coefficient (Wildman–Crippen LogP) is 1.68. The Balaban J connectivity index is 0.000000310. The van der Waals surface area contributed by atoms with E-state index in [-0.39, 0.29) is 5.41 Å². The van der Waals surface area contributed by atoms with Crippen molar-refractivity contribution in [3.05, 3.63) is 0 Å². The van der Waals surface area contributed by atoms with Crippen molar-refractivity contribution in [2.75, 3.05) is 13.2 Å². The molecule has 0 aromatic heterocycles. The topological polar surface area (TPSA) is 52.6 Å². The molecule has 13 heavy (non-hydrogen) atoms. The van der Waals surface area contributed by atoms with Crippen molar-refractivity contribution in [1.82, 2.24) is 0 Å². The molecule has 0 amide bonds. The van der Waals surface area contributed by atoms with Gasteiger partial charge in [-0.25, -0.2) is 4.21 Å². The van der Waals surface area contributed by atoms with Crippen LogP contribution in [-0.2, 0) is 29.0 Å². The highest BCUT2D eigenvalue weighted by molar-refractivity contribution is 8.26. The van der Waals surface area contributed by atoms with Gasteiger partial charge in [-0.1, -0.05) is 13.8 Å². The SMILES string of the molecule is CC1(C)COS(=O)OC1.O=S(Cl)Cl. The molecule has 0 spiro atoms. The Labute approximate surface area is 91.2 Å². The summed E-state index contributed by atoms with van der Waals surface area (Å²) in [4.78, 5) is 0. The molecule has 1 saturated heterocycles. The van der Waals surface area contributed by atoms with E-state index in [1.165, 1.54) is 0 Å². The monoisotopic (exact) mass is 268 g/mol. The first kappa shape index (κ1) is 13.8. The quantitative estimate of drug-likeness (QED) is 0.628. The first-order valence-corrected chi connectivity index (χ1v) is 7.06. The molecule has 8 heteroatoms. The van der Waals surface area contributed by atoms with Crippen molar-refractivity contribution in [1.29, 1.82) is 0 Å². The van der Waals surface area contributed by atoms with Crippen LogP contribution in [0.4, 0.5) is 0 Å². The van der Waals surface area contributed by atoms with Crippen LogP contribution in [0.25, 0.3) is 0 Å². The van der Waals surface area contributed by atoms with E-state index in [1.54, 1.807) is 0 Å². The van der Waals surface area contributed by atoms with Gasteiger partial charge in [-0.15, -0.1) is 0 Å². The van der Waals surface area contributed by atoms with Crippen LogP contribution in [-0.4, -0.2) is 21.6 Å². The first-order chi connectivity index (χ1) is 5.83. The Morgan fingerprint density at radius 2 is 1.62 bits per heavy atom. The summed E-state index contributed by atoms with van der Waals surface area (Å²) in [6.45, 7) is 5.03. The average Bonchev–Trinajstić information content (AvgIpc) is 1.95. The maximum atomic E-state index is 10.4. The van der Waals surface area contributed by atoms with Crippen LogP contribution in [0.5, 0.6) is 0 Å². The lowest BCUT2D eigenvalue weighted by Gasteiger charge is -2.26. The van der Waals surface area contributed by atoms with Crippen LogP contribution >= 0.6 is 21.4 Å². The van der Waals surface area contributed by atoms with Gasteiger partial charge in [0.15, 0.2) is 0 Å². The maximum Gasteiger partial charge on any atom is 0.304 e. The van der Waals surface area contributed by atoms with E-state index in [4.69, 9.17) is 12.6 Å². The zero-order valence-corrected chi connectivity index (χ0v) is 10.3. The van der Waals surface area contributed by atoms with Crippen molar-refractivity contribution < 1.29 is 16.8 Å². The molecule has 0 aliphatic carbocycles. The molecule has 0 aromatic carbocycles. The summed E-state index contributed by atoms with van der Waals surface area (Å²) in [5, 5.41) is 0. The Hall–Kier alpha value is 0.800. The molecule has 80 valence electrons. The van der Waals surface area contributed by atoms with Crippen molar-refractivity contribution in [3.8, 4) is 0 Å². The van der Waals surface area contributed by atoms with E-state index in [2.05, 4.69) is 21.4 Å². The van der Waals surface area contributed by atoms with Crippen molar-refractivity contribution in [3.63, 3.8) is 0 Å². The van der Waals surface area contributed by atoms with Gasteiger partial charge in [0.25, 0.3) is 0 Å². The fourth-order valence-corrected chi connectivity index (χ4v) is 1.39. The van der Waals surface area contributed by atoms with E-state index < -0.39 is 20.6 Å². The van der Waals surface area contributed by atoms with Gasteiger partial charge in [0, 0.05) is 26.8 Å². The first-order valence-electron chi connectivity index (χ1n) is 3.26. The average molecular weight is 269 g/mol. The zero-order chi connectivity index (χ0) is 10.5. The molecule has 1 aliphatic heterocycles. The molecule has 0 aromatic rings. The molecule has 0 radical (unpaired) electrons. The molecule has 4 nitrogen and oxygen atoms in total. The normalized spacial score (nSPS) is 22.2. The molecule has 0 atom stereocenters. The van der Waals surface area contributed by atoms with Gasteiger partial charge in [-0.05, 0) is 0 Å². The third-order valence-corrected chi connectivity index (χ3v) is 1.71. The van der Waals surface area contributed by atoms with Gasteiger partial charge in [0.05, 0.1) is 13.2 Å². The van der Waals surface area contributed by atoms with Gasteiger partial charge in [-0.2, -0.15) is 4.21 Å². The molecule has 1 heterocycles. The fraction of sp³-hybridized carbons (Fsp3) is 1.00.